The number of hydrogen-bond donors (Lipinski definition) is 2. The molecule has 0 unspecified atom stereocenters. The van der Waals surface area contributed by atoms with Gasteiger partial charge in [0.25, 0.3) is 0 Å². The molecule has 1 aliphatic rings. The van der Waals surface area contributed by atoms with Gasteiger partial charge >= 0.3 is 15.5 Å². The number of likely N-dealkylation sites (N-methyl/N-ethyl adjacent to an activating group) is 1. The van der Waals surface area contributed by atoms with Crippen LogP contribution in [0.5, 0.6) is 0 Å². The van der Waals surface area contributed by atoms with Crippen molar-refractivity contribution >= 4 is 32.8 Å². The standard InChI is InChI=1S/C29H46N4O7P2/c1-6-37-41(35,38-7-2)30-26-16-12-14-24(20-26)21-29(34)32(5)28(23-33-18-10-11-19-33)25-15-13-17-27(22-25)31-42(36,39-8-3)40-9-4/h12-17,20,22,28H,6-11,18-19,21,23H2,1-5H3,(H,30,35)(H,31,36)/t28-/m1/s1. The summed E-state index contributed by atoms with van der Waals surface area (Å²) in [6, 6.07) is 14.5. The van der Waals surface area contributed by atoms with Gasteiger partial charge in [-0.1, -0.05) is 24.3 Å². The summed E-state index contributed by atoms with van der Waals surface area (Å²) in [5.74, 6) is -0.0678. The van der Waals surface area contributed by atoms with E-state index in [2.05, 4.69) is 15.1 Å². The third-order valence-corrected chi connectivity index (χ3v) is 10.2. The summed E-state index contributed by atoms with van der Waals surface area (Å²) in [5, 5.41) is 5.81. The molecular formula is C29H46N4O7P2. The van der Waals surface area contributed by atoms with Crippen LogP contribution in [0.25, 0.3) is 0 Å². The van der Waals surface area contributed by atoms with Crippen LogP contribution < -0.4 is 10.2 Å². The summed E-state index contributed by atoms with van der Waals surface area (Å²) < 4.78 is 47.6. The van der Waals surface area contributed by atoms with Gasteiger partial charge in [-0.05, 0) is 89.0 Å². The molecule has 0 bridgehead atoms. The zero-order chi connectivity index (χ0) is 30.6. The molecule has 0 aromatic heterocycles. The molecule has 2 aromatic carbocycles. The number of anilines is 2. The number of likely N-dealkylation sites (tertiary alicyclic amines) is 1. The van der Waals surface area contributed by atoms with Gasteiger partial charge in [0.15, 0.2) is 0 Å². The van der Waals surface area contributed by atoms with Crippen LogP contribution in [-0.2, 0) is 38.4 Å². The Kier molecular flexibility index (Phi) is 13.5. The van der Waals surface area contributed by atoms with Crippen LogP contribution in [0, 0.1) is 0 Å². The van der Waals surface area contributed by atoms with Gasteiger partial charge in [-0.2, -0.15) is 0 Å². The van der Waals surface area contributed by atoms with Crippen LogP contribution in [0.1, 0.15) is 57.7 Å². The Labute approximate surface area is 250 Å². The lowest BCUT2D eigenvalue weighted by Crippen LogP contribution is -2.39. The fraction of sp³-hybridized carbons (Fsp3) is 0.552. The van der Waals surface area contributed by atoms with Gasteiger partial charge in [0.05, 0.1) is 38.9 Å². The minimum atomic E-state index is -3.52. The van der Waals surface area contributed by atoms with Gasteiger partial charge in [-0.3, -0.25) is 33.1 Å². The Bertz CT molecular complexity index is 1220. The van der Waals surface area contributed by atoms with E-state index < -0.39 is 15.5 Å². The molecule has 0 spiro atoms. The van der Waals surface area contributed by atoms with E-state index in [0.29, 0.717) is 17.9 Å². The molecule has 42 heavy (non-hydrogen) atoms. The molecule has 11 nitrogen and oxygen atoms in total. The van der Waals surface area contributed by atoms with Crippen molar-refractivity contribution in [3.8, 4) is 0 Å². The normalized spacial score (nSPS) is 15.0. The second-order valence-electron chi connectivity index (χ2n) is 9.92. The molecule has 1 atom stereocenters. The van der Waals surface area contributed by atoms with Gasteiger partial charge < -0.3 is 9.80 Å². The zero-order valence-electron chi connectivity index (χ0n) is 25.4. The Hall–Kier alpha value is -2.23. The number of carbonyl (C=O) groups is 1. The first-order valence-corrected chi connectivity index (χ1v) is 17.7. The van der Waals surface area contributed by atoms with Gasteiger partial charge in [-0.15, -0.1) is 0 Å². The predicted octanol–water partition coefficient (Wildman–Crippen LogP) is 6.71. The predicted molar refractivity (Wildman–Crippen MR) is 167 cm³/mol. The molecule has 0 aliphatic carbocycles. The number of hydrogen-bond acceptors (Lipinski definition) is 8. The Morgan fingerprint density at radius 3 is 1.86 bits per heavy atom. The highest BCUT2D eigenvalue weighted by Crippen LogP contribution is 2.48. The first-order valence-electron chi connectivity index (χ1n) is 14.7. The van der Waals surface area contributed by atoms with E-state index in [0.717, 1.165) is 37.1 Å². The second kappa shape index (κ2) is 16.6. The van der Waals surface area contributed by atoms with Crippen LogP contribution in [0.4, 0.5) is 11.4 Å². The van der Waals surface area contributed by atoms with Crippen molar-refractivity contribution in [2.45, 2.75) is 53.0 Å². The van der Waals surface area contributed by atoms with E-state index >= 15 is 0 Å². The highest BCUT2D eigenvalue weighted by molar-refractivity contribution is 7.55. The third-order valence-electron chi connectivity index (χ3n) is 6.77. The van der Waals surface area contributed by atoms with Crippen LogP contribution in [-0.4, -0.2) is 68.8 Å². The van der Waals surface area contributed by atoms with E-state index in [9.17, 15) is 13.9 Å². The molecule has 234 valence electrons. The number of benzene rings is 2. The van der Waals surface area contributed by atoms with E-state index in [4.69, 9.17) is 18.1 Å². The topological polar surface area (TPSA) is 119 Å². The summed E-state index contributed by atoms with van der Waals surface area (Å²) in [7, 11) is -5.22. The number of nitrogens with one attached hydrogen (secondary N) is 2. The highest BCUT2D eigenvalue weighted by atomic mass is 31.2. The number of carbonyl (C=O) groups excluding carboxylic acids is 1. The lowest BCUT2D eigenvalue weighted by molar-refractivity contribution is -0.131. The van der Waals surface area contributed by atoms with Crippen LogP contribution in [0.15, 0.2) is 48.5 Å². The summed E-state index contributed by atoms with van der Waals surface area (Å²) in [6.45, 7) is 10.6. The van der Waals surface area contributed by atoms with Crippen molar-refractivity contribution in [3.05, 3.63) is 59.7 Å². The fourth-order valence-corrected chi connectivity index (χ4v) is 7.58. The molecule has 3 rings (SSSR count). The van der Waals surface area contributed by atoms with Gasteiger partial charge in [0.1, 0.15) is 0 Å². The highest BCUT2D eigenvalue weighted by Gasteiger charge is 2.28. The van der Waals surface area contributed by atoms with Gasteiger partial charge in [0, 0.05) is 25.0 Å². The van der Waals surface area contributed by atoms with Crippen LogP contribution in [0.2, 0.25) is 0 Å². The van der Waals surface area contributed by atoms with Crippen molar-refractivity contribution in [2.24, 2.45) is 0 Å². The number of amides is 1. The molecule has 1 fully saturated rings. The molecule has 2 aromatic rings. The fourth-order valence-electron chi connectivity index (χ4n) is 4.90. The Morgan fingerprint density at radius 1 is 0.833 bits per heavy atom. The second-order valence-corrected chi connectivity index (χ2v) is 13.4. The average molecular weight is 625 g/mol. The first kappa shape index (κ1) is 34.3. The lowest BCUT2D eigenvalue weighted by atomic mass is 10.0. The lowest BCUT2D eigenvalue weighted by Gasteiger charge is -2.32. The third kappa shape index (κ3) is 10.2. The van der Waals surface area contributed by atoms with Crippen molar-refractivity contribution in [3.63, 3.8) is 0 Å². The van der Waals surface area contributed by atoms with E-state index in [-0.39, 0.29) is 44.8 Å². The molecule has 1 saturated heterocycles. The maximum absolute atomic E-state index is 13.7. The van der Waals surface area contributed by atoms with Crippen LogP contribution >= 0.6 is 15.5 Å². The summed E-state index contributed by atoms with van der Waals surface area (Å²) >= 11 is 0. The molecular weight excluding hydrogens is 578 g/mol. The summed E-state index contributed by atoms with van der Waals surface area (Å²) in [4.78, 5) is 17.8. The largest absolute Gasteiger partial charge is 0.432 e. The SMILES string of the molecule is CCOP(=O)(Nc1cccc(CC(=O)N(C)[C@H](CN2CCCC2)c2cccc(NP(=O)(OCC)OCC)c2)c1)OCC. The minimum Gasteiger partial charge on any atom is -0.337 e. The molecule has 2 N–H and O–H groups in total. The van der Waals surface area contributed by atoms with E-state index in [1.807, 2.05) is 37.4 Å². The van der Waals surface area contributed by atoms with E-state index in [1.165, 1.54) is 0 Å². The van der Waals surface area contributed by atoms with Crippen LogP contribution in [0.3, 0.4) is 0 Å². The Morgan fingerprint density at radius 2 is 1.33 bits per heavy atom. The van der Waals surface area contributed by atoms with Gasteiger partial charge in [-0.25, -0.2) is 9.13 Å². The molecule has 1 amide bonds. The van der Waals surface area contributed by atoms with Crippen molar-refractivity contribution < 1.29 is 32.0 Å². The molecule has 1 heterocycles. The number of nitrogens with zero attached hydrogens (tertiary/aromatic N) is 2. The summed E-state index contributed by atoms with van der Waals surface area (Å²) in [5.41, 5.74) is 2.82. The molecule has 0 radical (unpaired) electrons. The van der Waals surface area contributed by atoms with E-state index in [1.54, 1.807) is 50.8 Å². The first-order chi connectivity index (χ1) is 20.1. The zero-order valence-corrected chi connectivity index (χ0v) is 27.2. The molecule has 0 saturated carbocycles. The molecule has 1 aliphatic heterocycles. The van der Waals surface area contributed by atoms with Crippen molar-refractivity contribution in [1.29, 1.82) is 0 Å². The van der Waals surface area contributed by atoms with Gasteiger partial charge in [0.2, 0.25) is 5.91 Å². The Balaban J connectivity index is 1.81. The smallest absolute Gasteiger partial charge is 0.337 e. The maximum Gasteiger partial charge on any atom is 0.432 e. The molecule has 13 heteroatoms. The quantitative estimate of drug-likeness (QED) is 0.173. The minimum absolute atomic E-state index is 0.0678. The monoisotopic (exact) mass is 624 g/mol. The summed E-state index contributed by atoms with van der Waals surface area (Å²) in [6.07, 6.45) is 2.41. The van der Waals surface area contributed by atoms with Crippen molar-refractivity contribution in [2.75, 3.05) is 63.3 Å². The number of rotatable bonds is 18. The maximum atomic E-state index is 13.7. The average Bonchev–Trinajstić information content (AvgIpc) is 3.45. The van der Waals surface area contributed by atoms with Crippen molar-refractivity contribution in [1.82, 2.24) is 9.80 Å².